The Morgan fingerprint density at radius 1 is 0.703 bits per heavy atom. The largest absolute Gasteiger partial charge is 0.496 e. The van der Waals surface area contributed by atoms with Crippen molar-refractivity contribution in [3.8, 4) is 5.75 Å². The van der Waals surface area contributed by atoms with Crippen LogP contribution in [0.3, 0.4) is 0 Å². The topological polar surface area (TPSA) is 196 Å². The number of amides is 2. The maximum atomic E-state index is 13.4. The molecule has 8 atom stereocenters. The Morgan fingerprint density at radius 2 is 1.27 bits per heavy atom. The van der Waals surface area contributed by atoms with Crippen molar-refractivity contribution in [3.05, 3.63) is 65.7 Å². The molecule has 13 nitrogen and oxygen atoms in total. The molecule has 0 spiro atoms. The molecule has 1 heterocycles. The molecule has 7 N–H and O–H groups in total. The molecular weight excluding hydrogens is 817 g/mol. The van der Waals surface area contributed by atoms with Crippen molar-refractivity contribution in [2.75, 3.05) is 26.9 Å². The second-order valence-electron chi connectivity index (χ2n) is 17.6. The van der Waals surface area contributed by atoms with E-state index in [1.54, 1.807) is 19.2 Å². The summed E-state index contributed by atoms with van der Waals surface area (Å²) in [5, 5.41) is 58.9. The molecule has 1 saturated heterocycles. The number of unbranched alkanes of at least 4 members (excludes halogenated alkanes) is 19. The van der Waals surface area contributed by atoms with Crippen molar-refractivity contribution in [1.82, 2.24) is 10.6 Å². The van der Waals surface area contributed by atoms with E-state index in [1.807, 2.05) is 42.5 Å². The Bertz CT molecular complexity index is 1480. The van der Waals surface area contributed by atoms with Gasteiger partial charge < -0.3 is 55.1 Å². The van der Waals surface area contributed by atoms with Crippen LogP contribution in [0.5, 0.6) is 5.75 Å². The molecule has 0 aliphatic carbocycles. The molecule has 2 aromatic carbocycles. The third-order valence-electron chi connectivity index (χ3n) is 12.3. The molecular formula is C51H84N2O11. The predicted molar refractivity (Wildman–Crippen MR) is 250 cm³/mol. The fourth-order valence-corrected chi connectivity index (χ4v) is 8.26. The molecule has 2 aromatic rings. The van der Waals surface area contributed by atoms with Gasteiger partial charge in [0, 0.05) is 13.0 Å². The summed E-state index contributed by atoms with van der Waals surface area (Å²) in [5.74, 6) is 0.199. The van der Waals surface area contributed by atoms with E-state index in [4.69, 9.17) is 18.9 Å². The number of carbonyl (C=O) groups is 2. The molecule has 64 heavy (non-hydrogen) atoms. The number of nitrogens with one attached hydrogen (secondary N) is 2. The van der Waals surface area contributed by atoms with Crippen LogP contribution in [0, 0.1) is 0 Å². The lowest BCUT2D eigenvalue weighted by molar-refractivity contribution is -0.303. The van der Waals surface area contributed by atoms with Crippen LogP contribution in [0.15, 0.2) is 54.6 Å². The maximum absolute atomic E-state index is 13.4. The second-order valence-corrected chi connectivity index (χ2v) is 17.6. The molecule has 1 aliphatic heterocycles. The summed E-state index contributed by atoms with van der Waals surface area (Å²) in [6, 6.07) is 16.0. The number of aliphatic hydroxyl groups excluding tert-OH is 5. The number of carbonyl (C=O) groups excluding carboxylic acids is 2. The minimum absolute atomic E-state index is 0.124. The van der Waals surface area contributed by atoms with Crippen LogP contribution in [-0.2, 0) is 25.6 Å². The van der Waals surface area contributed by atoms with Crippen LogP contribution in [0.2, 0.25) is 0 Å². The Hall–Kier alpha value is -3.14. The lowest BCUT2D eigenvalue weighted by Crippen LogP contribution is -2.60. The third kappa shape index (κ3) is 21.9. The quantitative estimate of drug-likeness (QED) is 0.0329. The summed E-state index contributed by atoms with van der Waals surface area (Å²) in [7, 11) is 1.56. The average Bonchev–Trinajstić information content (AvgIpc) is 3.31. The van der Waals surface area contributed by atoms with Gasteiger partial charge in [-0.3, -0.25) is 9.59 Å². The highest BCUT2D eigenvalue weighted by atomic mass is 16.7. The second kappa shape index (κ2) is 34.2. The van der Waals surface area contributed by atoms with Gasteiger partial charge in [-0.1, -0.05) is 171 Å². The van der Waals surface area contributed by atoms with Gasteiger partial charge in [-0.25, -0.2) is 0 Å². The number of methoxy groups -OCH3 is 1. The fourth-order valence-electron chi connectivity index (χ4n) is 8.26. The molecule has 2 amide bonds. The first kappa shape index (κ1) is 55.2. The van der Waals surface area contributed by atoms with Crippen molar-refractivity contribution in [2.45, 2.75) is 210 Å². The summed E-state index contributed by atoms with van der Waals surface area (Å²) in [4.78, 5) is 25.9. The smallest absolute Gasteiger partial charge is 0.255 e. The zero-order valence-electron chi connectivity index (χ0n) is 39.1. The van der Waals surface area contributed by atoms with Crippen molar-refractivity contribution in [1.29, 1.82) is 0 Å². The van der Waals surface area contributed by atoms with Gasteiger partial charge in [0.15, 0.2) is 6.29 Å². The normalized spacial score (nSPS) is 20.1. The molecule has 13 heteroatoms. The van der Waals surface area contributed by atoms with E-state index in [0.29, 0.717) is 30.7 Å². The van der Waals surface area contributed by atoms with Gasteiger partial charge in [-0.15, -0.1) is 0 Å². The van der Waals surface area contributed by atoms with Crippen LogP contribution >= 0.6 is 0 Å². The molecule has 1 fully saturated rings. The van der Waals surface area contributed by atoms with E-state index >= 15 is 0 Å². The Kier molecular flexibility index (Phi) is 29.5. The van der Waals surface area contributed by atoms with E-state index in [9.17, 15) is 35.1 Å². The number of hydrogen-bond donors (Lipinski definition) is 7. The molecule has 2 unspecified atom stereocenters. The van der Waals surface area contributed by atoms with E-state index < -0.39 is 55.6 Å². The summed E-state index contributed by atoms with van der Waals surface area (Å²) in [6.07, 6.45) is 15.1. The molecule has 0 bridgehead atoms. The number of aliphatic hydroxyl groups is 5. The number of ether oxygens (including phenoxy) is 4. The summed E-state index contributed by atoms with van der Waals surface area (Å²) >= 11 is 0. The molecule has 3 rings (SSSR count). The van der Waals surface area contributed by atoms with Gasteiger partial charge in [0.25, 0.3) is 5.91 Å². The van der Waals surface area contributed by atoms with E-state index in [0.717, 1.165) is 76.2 Å². The SMILES string of the molecule is CCCCCCCCCCCCCC[C@@H](OCc1ccccc1)[C@@H](O)[C@H](CO[C@H]1OC(CO)[C@H](O)[C@H](O)C1O)NC(=O)CCCCCCCCCCCNC(=O)c1ccccc1OC. The van der Waals surface area contributed by atoms with Crippen LogP contribution in [0.25, 0.3) is 0 Å². The number of benzene rings is 2. The highest BCUT2D eigenvalue weighted by Gasteiger charge is 2.44. The molecule has 0 radical (unpaired) electrons. The first-order chi connectivity index (χ1) is 31.2. The van der Waals surface area contributed by atoms with Crippen molar-refractivity contribution < 1.29 is 54.1 Å². The van der Waals surface area contributed by atoms with Crippen LogP contribution in [0.1, 0.15) is 171 Å². The Morgan fingerprint density at radius 3 is 1.88 bits per heavy atom. The van der Waals surface area contributed by atoms with Crippen molar-refractivity contribution >= 4 is 11.8 Å². The highest BCUT2D eigenvalue weighted by molar-refractivity contribution is 5.96. The minimum Gasteiger partial charge on any atom is -0.496 e. The van der Waals surface area contributed by atoms with Crippen molar-refractivity contribution in [3.63, 3.8) is 0 Å². The van der Waals surface area contributed by atoms with E-state index in [2.05, 4.69) is 17.6 Å². The lowest BCUT2D eigenvalue weighted by atomic mass is 9.98. The van der Waals surface area contributed by atoms with Gasteiger partial charge >= 0.3 is 0 Å². The fraction of sp³-hybridized carbons (Fsp3) is 0.725. The molecule has 364 valence electrons. The Balaban J connectivity index is 1.47. The zero-order chi connectivity index (χ0) is 46.2. The van der Waals surface area contributed by atoms with Gasteiger partial charge in [0.05, 0.1) is 44.6 Å². The zero-order valence-corrected chi connectivity index (χ0v) is 39.1. The summed E-state index contributed by atoms with van der Waals surface area (Å²) in [6.45, 7) is 2.27. The predicted octanol–water partition coefficient (Wildman–Crippen LogP) is 7.66. The lowest BCUT2D eigenvalue weighted by Gasteiger charge is -2.40. The summed E-state index contributed by atoms with van der Waals surface area (Å²) in [5.41, 5.74) is 1.50. The maximum Gasteiger partial charge on any atom is 0.255 e. The van der Waals surface area contributed by atoms with Gasteiger partial charge in [-0.05, 0) is 37.0 Å². The average molecular weight is 901 g/mol. The Labute approximate surface area is 384 Å². The molecule has 1 aliphatic rings. The number of rotatable bonds is 37. The first-order valence-electron chi connectivity index (χ1n) is 24.7. The van der Waals surface area contributed by atoms with Crippen LogP contribution < -0.4 is 15.4 Å². The van der Waals surface area contributed by atoms with E-state index in [-0.39, 0.29) is 31.4 Å². The monoisotopic (exact) mass is 901 g/mol. The highest BCUT2D eigenvalue weighted by Crippen LogP contribution is 2.24. The van der Waals surface area contributed by atoms with Crippen molar-refractivity contribution in [2.24, 2.45) is 0 Å². The molecule has 0 saturated carbocycles. The van der Waals surface area contributed by atoms with Gasteiger partial charge in [0.1, 0.15) is 36.3 Å². The molecule has 0 aromatic heterocycles. The van der Waals surface area contributed by atoms with Gasteiger partial charge in [-0.2, -0.15) is 0 Å². The third-order valence-corrected chi connectivity index (χ3v) is 12.3. The number of hydrogen-bond acceptors (Lipinski definition) is 11. The minimum atomic E-state index is -1.62. The van der Waals surface area contributed by atoms with Crippen LogP contribution in [-0.4, -0.2) is 113 Å². The van der Waals surface area contributed by atoms with Gasteiger partial charge in [0.2, 0.25) is 5.91 Å². The standard InChI is InChI=1S/C51H84N2O11/c1-3-4-5-6-7-8-9-10-12-15-18-24-33-43(62-37-39-29-22-21-23-30-39)46(56)41(38-63-51-49(59)48(58)47(57)44(36-54)64-51)53-45(55)34-25-19-16-13-11-14-17-20-28-35-52-50(60)40-31-26-27-32-42(40)61-2/h21-23,26-27,29-32,41,43-44,46-49,51,54,56-59H,3-20,24-25,28,33-38H2,1-2H3,(H,52,60)(H,53,55)/t41-,43+,44?,46-,47-,48-,49?,51-/m0/s1. The number of para-hydroxylation sites is 1. The van der Waals surface area contributed by atoms with Crippen LogP contribution in [0.4, 0.5) is 0 Å². The summed E-state index contributed by atoms with van der Waals surface area (Å²) < 4.78 is 23.1. The van der Waals surface area contributed by atoms with E-state index in [1.165, 1.54) is 57.8 Å². The first-order valence-corrected chi connectivity index (χ1v) is 24.7.